The minimum atomic E-state index is -0.434. The Morgan fingerprint density at radius 1 is 1.10 bits per heavy atom. The zero-order valence-corrected chi connectivity index (χ0v) is 17.4. The normalized spacial score (nSPS) is 17.8. The van der Waals surface area contributed by atoms with Crippen molar-refractivity contribution in [1.29, 1.82) is 0 Å². The van der Waals surface area contributed by atoms with Gasteiger partial charge in [-0.05, 0) is 34.9 Å². The van der Waals surface area contributed by atoms with Crippen LogP contribution in [0.1, 0.15) is 15.9 Å². The molecule has 2 aromatic rings. The summed E-state index contributed by atoms with van der Waals surface area (Å²) in [4.78, 5) is 26.0. The summed E-state index contributed by atoms with van der Waals surface area (Å²) >= 11 is 1.52. The minimum Gasteiger partial charge on any atom is -0.366 e. The Hall–Kier alpha value is -3.72. The van der Waals surface area contributed by atoms with Crippen molar-refractivity contribution < 1.29 is 9.59 Å². The van der Waals surface area contributed by atoms with E-state index in [4.69, 9.17) is 5.73 Å². The lowest BCUT2D eigenvalue weighted by Gasteiger charge is -2.32. The second-order valence-electron chi connectivity index (χ2n) is 7.29. The number of amidine groups is 1. The molecule has 5 rings (SSSR count). The lowest BCUT2D eigenvalue weighted by molar-refractivity contribution is -0.122. The molecular weight excluding hydrogens is 412 g/mol. The number of hydrogen-bond donors (Lipinski definition) is 2. The summed E-state index contributed by atoms with van der Waals surface area (Å²) in [6, 6.07) is 15.5. The average molecular weight is 433 g/mol. The van der Waals surface area contributed by atoms with Crippen LogP contribution in [0.25, 0.3) is 16.0 Å². The predicted octanol–water partition coefficient (Wildman–Crippen LogP) is 2.20. The van der Waals surface area contributed by atoms with Gasteiger partial charge in [-0.25, -0.2) is 5.01 Å². The van der Waals surface area contributed by atoms with Gasteiger partial charge in [0.25, 0.3) is 0 Å². The largest absolute Gasteiger partial charge is 0.366 e. The second kappa shape index (κ2) is 7.84. The maximum absolute atomic E-state index is 11.7. The van der Waals surface area contributed by atoms with E-state index in [-0.39, 0.29) is 5.91 Å². The number of hydrazine groups is 1. The van der Waals surface area contributed by atoms with Gasteiger partial charge in [-0.3, -0.25) is 9.59 Å². The number of carbonyl (C=O) groups is 2. The monoisotopic (exact) mass is 432 g/mol. The first-order valence-corrected chi connectivity index (χ1v) is 10.6. The van der Waals surface area contributed by atoms with Gasteiger partial charge in [-0.1, -0.05) is 30.3 Å². The van der Waals surface area contributed by atoms with E-state index in [1.165, 1.54) is 11.9 Å². The van der Waals surface area contributed by atoms with Gasteiger partial charge in [0.2, 0.25) is 11.8 Å². The molecule has 3 N–H and O–H groups in total. The van der Waals surface area contributed by atoms with Crippen LogP contribution < -0.4 is 11.1 Å². The Morgan fingerprint density at radius 2 is 1.90 bits per heavy atom. The third kappa shape index (κ3) is 3.87. The third-order valence-corrected chi connectivity index (χ3v) is 6.17. The van der Waals surface area contributed by atoms with Gasteiger partial charge in [0, 0.05) is 49.1 Å². The average Bonchev–Trinajstić information content (AvgIpc) is 3.23. The SMILES string of the molecule is NC(=O)c1ccc(-c2cccc(C3=CN4C=CC(N5CCNC(=O)C5)=NN4S3)c2)cc1. The molecule has 0 bridgehead atoms. The van der Waals surface area contributed by atoms with E-state index in [0.29, 0.717) is 18.7 Å². The summed E-state index contributed by atoms with van der Waals surface area (Å²) < 4.78 is 1.81. The quantitative estimate of drug-likeness (QED) is 0.723. The number of carbonyl (C=O) groups excluding carboxylic acids is 2. The van der Waals surface area contributed by atoms with Crippen molar-refractivity contribution in [2.75, 3.05) is 19.6 Å². The van der Waals surface area contributed by atoms with E-state index in [0.717, 1.165) is 34.0 Å². The second-order valence-corrected chi connectivity index (χ2v) is 8.23. The molecule has 31 heavy (non-hydrogen) atoms. The van der Waals surface area contributed by atoms with Gasteiger partial charge in [-0.2, -0.15) is 0 Å². The Kier molecular flexibility index (Phi) is 4.87. The molecule has 0 radical (unpaired) electrons. The molecule has 3 aliphatic rings. The van der Waals surface area contributed by atoms with E-state index in [1.54, 1.807) is 12.1 Å². The van der Waals surface area contributed by atoms with Crippen LogP contribution in [0.3, 0.4) is 0 Å². The van der Waals surface area contributed by atoms with Crippen molar-refractivity contribution in [3.63, 3.8) is 0 Å². The lowest BCUT2D eigenvalue weighted by Crippen LogP contribution is -2.50. The summed E-state index contributed by atoms with van der Waals surface area (Å²) in [5, 5.41) is 9.44. The molecule has 0 saturated carbocycles. The van der Waals surface area contributed by atoms with Gasteiger partial charge < -0.3 is 16.0 Å². The molecule has 0 atom stereocenters. The molecule has 0 spiro atoms. The summed E-state index contributed by atoms with van der Waals surface area (Å²) in [6.07, 6.45) is 5.90. The molecule has 0 unspecified atom stereocenters. The molecule has 156 valence electrons. The fourth-order valence-corrected chi connectivity index (χ4v) is 4.46. The highest BCUT2D eigenvalue weighted by molar-refractivity contribution is 8.06. The highest BCUT2D eigenvalue weighted by atomic mass is 32.2. The fourth-order valence-electron chi connectivity index (χ4n) is 3.57. The molecule has 0 aromatic heterocycles. The van der Waals surface area contributed by atoms with Crippen LogP contribution in [-0.2, 0) is 4.79 Å². The van der Waals surface area contributed by atoms with Crippen LogP contribution in [0.4, 0.5) is 0 Å². The first-order valence-electron chi connectivity index (χ1n) is 9.84. The number of nitrogens with zero attached hydrogens (tertiary/aromatic N) is 4. The lowest BCUT2D eigenvalue weighted by atomic mass is 10.0. The van der Waals surface area contributed by atoms with Gasteiger partial charge in [0.05, 0.1) is 11.4 Å². The Labute approximate surface area is 183 Å². The molecule has 3 heterocycles. The number of benzene rings is 2. The number of nitrogens with two attached hydrogens (primary N) is 1. The van der Waals surface area contributed by atoms with Crippen molar-refractivity contribution in [3.8, 4) is 11.1 Å². The number of amides is 2. The van der Waals surface area contributed by atoms with Crippen LogP contribution in [0.15, 0.2) is 72.1 Å². The third-order valence-electron chi connectivity index (χ3n) is 5.20. The van der Waals surface area contributed by atoms with E-state index in [1.807, 2.05) is 57.2 Å². The van der Waals surface area contributed by atoms with Gasteiger partial charge >= 0.3 is 0 Å². The van der Waals surface area contributed by atoms with Crippen molar-refractivity contribution in [2.24, 2.45) is 10.8 Å². The molecule has 2 aromatic carbocycles. The summed E-state index contributed by atoms with van der Waals surface area (Å²) in [6.45, 7) is 1.68. The molecule has 3 aliphatic heterocycles. The topological polar surface area (TPSA) is 94.3 Å². The van der Waals surface area contributed by atoms with Crippen LogP contribution in [0.5, 0.6) is 0 Å². The minimum absolute atomic E-state index is 0.0124. The fraction of sp³-hybridized carbons (Fsp3) is 0.136. The van der Waals surface area contributed by atoms with Gasteiger partial charge in [0.15, 0.2) is 5.84 Å². The van der Waals surface area contributed by atoms with Crippen molar-refractivity contribution in [1.82, 2.24) is 19.7 Å². The maximum Gasteiger partial charge on any atom is 0.248 e. The molecule has 1 saturated heterocycles. The number of primary amides is 1. The smallest absolute Gasteiger partial charge is 0.248 e. The van der Waals surface area contributed by atoms with Crippen molar-refractivity contribution >= 4 is 34.5 Å². The van der Waals surface area contributed by atoms with E-state index in [2.05, 4.69) is 22.6 Å². The van der Waals surface area contributed by atoms with Crippen molar-refractivity contribution in [3.05, 3.63) is 78.1 Å². The summed E-state index contributed by atoms with van der Waals surface area (Å²) in [7, 11) is 0. The standard InChI is InChI=1S/C22H20N6O2S/c23-22(30)16-6-4-15(5-7-16)17-2-1-3-18(12-17)19-13-27-10-8-20(25-28(27)31-19)26-11-9-24-21(29)14-26/h1-8,10,12-13H,9,11,14H2,(H2,23,30)(H,24,29). The zero-order chi connectivity index (χ0) is 21.4. The zero-order valence-electron chi connectivity index (χ0n) is 16.6. The van der Waals surface area contributed by atoms with Crippen LogP contribution >= 0.6 is 11.9 Å². The molecule has 0 aliphatic carbocycles. The van der Waals surface area contributed by atoms with Gasteiger partial charge in [-0.15, -0.1) is 9.62 Å². The Balaban J connectivity index is 1.34. The van der Waals surface area contributed by atoms with Crippen LogP contribution in [-0.4, -0.2) is 51.7 Å². The van der Waals surface area contributed by atoms with E-state index >= 15 is 0 Å². The molecule has 8 nitrogen and oxygen atoms in total. The number of rotatable bonds is 3. The van der Waals surface area contributed by atoms with Crippen molar-refractivity contribution in [2.45, 2.75) is 0 Å². The summed E-state index contributed by atoms with van der Waals surface area (Å²) in [5.41, 5.74) is 8.95. The Morgan fingerprint density at radius 3 is 2.68 bits per heavy atom. The molecule has 2 amide bonds. The first-order chi connectivity index (χ1) is 15.1. The molecule has 9 heteroatoms. The molecular formula is C22H20N6O2S. The highest BCUT2D eigenvalue weighted by Crippen LogP contribution is 2.40. The number of hydrazone groups is 1. The predicted molar refractivity (Wildman–Crippen MR) is 121 cm³/mol. The van der Waals surface area contributed by atoms with Crippen LogP contribution in [0, 0.1) is 0 Å². The number of nitrogens with one attached hydrogen (secondary N) is 1. The van der Waals surface area contributed by atoms with Crippen LogP contribution in [0.2, 0.25) is 0 Å². The highest BCUT2D eigenvalue weighted by Gasteiger charge is 2.28. The number of fused-ring (bicyclic) bond motifs is 1. The summed E-state index contributed by atoms with van der Waals surface area (Å²) in [5.74, 6) is 0.353. The van der Waals surface area contributed by atoms with E-state index < -0.39 is 5.91 Å². The number of piperazine rings is 1. The molecule has 1 fully saturated rings. The first kappa shape index (κ1) is 19.3. The van der Waals surface area contributed by atoms with Gasteiger partial charge in [0.1, 0.15) is 0 Å². The maximum atomic E-state index is 11.7. The Bertz CT molecular complexity index is 1140. The number of hydrogen-bond acceptors (Lipinski definition) is 7. The van der Waals surface area contributed by atoms with E-state index in [9.17, 15) is 9.59 Å².